The first kappa shape index (κ1) is 30.8. The number of nitrogens with one attached hydrogen (secondary N) is 4. The number of anilines is 2. The van der Waals surface area contributed by atoms with E-state index in [2.05, 4.69) is 30.3 Å². The highest BCUT2D eigenvalue weighted by Gasteiger charge is 2.20. The molecule has 4 aromatic rings. The molecule has 41 heavy (non-hydrogen) atoms. The van der Waals surface area contributed by atoms with Gasteiger partial charge in [0.25, 0.3) is 11.8 Å². The van der Waals surface area contributed by atoms with Crippen molar-refractivity contribution in [1.82, 2.24) is 20.3 Å². The minimum Gasteiger partial charge on any atom is -0.482 e. The van der Waals surface area contributed by atoms with E-state index in [1.165, 1.54) is 6.20 Å². The van der Waals surface area contributed by atoms with Crippen LogP contribution in [0.15, 0.2) is 55.0 Å². The SMILES string of the molecule is CS(=O)(=O)Nc1cccc(CN)c1.Cl.O=C1COc2ccc(CNC(=O)c3ncnc4c(C(=O)O)c[nH]c34)cc2N1. The number of aromatic nitrogens is 3. The van der Waals surface area contributed by atoms with Gasteiger partial charge in [0.1, 0.15) is 23.2 Å². The van der Waals surface area contributed by atoms with Crippen LogP contribution in [-0.2, 0) is 27.9 Å². The summed E-state index contributed by atoms with van der Waals surface area (Å²) in [7, 11) is -3.19. The number of benzene rings is 2. The van der Waals surface area contributed by atoms with Gasteiger partial charge in [0.05, 0.1) is 17.5 Å². The largest absolute Gasteiger partial charge is 0.482 e. The lowest BCUT2D eigenvalue weighted by Crippen LogP contribution is -2.26. The van der Waals surface area contributed by atoms with Gasteiger partial charge in [0.15, 0.2) is 12.3 Å². The highest BCUT2D eigenvalue weighted by Crippen LogP contribution is 2.28. The number of carboxylic acid groups (broad SMARTS) is 1. The third-order valence-corrected chi connectivity index (χ3v) is 6.11. The Morgan fingerprint density at radius 1 is 1.15 bits per heavy atom. The molecule has 0 radical (unpaired) electrons. The maximum atomic E-state index is 12.5. The predicted octanol–water partition coefficient (Wildman–Crippen LogP) is 1.86. The molecule has 1 aliphatic heterocycles. The summed E-state index contributed by atoms with van der Waals surface area (Å²) >= 11 is 0. The van der Waals surface area contributed by atoms with Crippen molar-refractivity contribution in [3.8, 4) is 5.75 Å². The zero-order valence-electron chi connectivity index (χ0n) is 21.5. The normalized spacial score (nSPS) is 12.0. The summed E-state index contributed by atoms with van der Waals surface area (Å²) in [6, 6.07) is 12.2. The van der Waals surface area contributed by atoms with Crippen LogP contribution in [0, 0.1) is 0 Å². The molecule has 0 fully saturated rings. The number of amides is 2. The molecule has 1 aliphatic rings. The Labute approximate surface area is 240 Å². The van der Waals surface area contributed by atoms with Crippen molar-refractivity contribution in [2.45, 2.75) is 13.1 Å². The number of nitrogens with two attached hydrogens (primary N) is 1. The highest BCUT2D eigenvalue weighted by molar-refractivity contribution is 7.92. The summed E-state index contributed by atoms with van der Waals surface area (Å²) in [5, 5.41) is 14.6. The van der Waals surface area contributed by atoms with Crippen molar-refractivity contribution < 1.29 is 32.6 Å². The number of ether oxygens (including phenoxy) is 1. The van der Waals surface area contributed by atoms with Gasteiger partial charge in [0.2, 0.25) is 10.0 Å². The minimum absolute atomic E-state index is 0. The van der Waals surface area contributed by atoms with Gasteiger partial charge in [-0.3, -0.25) is 14.3 Å². The number of hydrogen-bond donors (Lipinski definition) is 6. The van der Waals surface area contributed by atoms with E-state index in [4.69, 9.17) is 15.6 Å². The molecule has 0 bridgehead atoms. The molecule has 3 heterocycles. The van der Waals surface area contributed by atoms with E-state index in [1.807, 2.05) is 6.07 Å². The molecular formula is C25H26ClN7O7S. The molecular weight excluding hydrogens is 578 g/mol. The van der Waals surface area contributed by atoms with Gasteiger partial charge in [-0.25, -0.2) is 23.2 Å². The van der Waals surface area contributed by atoms with E-state index >= 15 is 0 Å². The second-order valence-corrected chi connectivity index (χ2v) is 10.3. The van der Waals surface area contributed by atoms with Crippen molar-refractivity contribution in [1.29, 1.82) is 0 Å². The van der Waals surface area contributed by atoms with Crippen molar-refractivity contribution in [2.75, 3.05) is 22.9 Å². The number of nitrogens with zero attached hydrogens (tertiary/aromatic N) is 2. The average molecular weight is 604 g/mol. The third-order valence-electron chi connectivity index (χ3n) is 5.50. The fraction of sp³-hybridized carbons (Fsp3) is 0.160. The highest BCUT2D eigenvalue weighted by atomic mass is 35.5. The fourth-order valence-corrected chi connectivity index (χ4v) is 4.31. The molecule has 7 N–H and O–H groups in total. The van der Waals surface area contributed by atoms with Crippen molar-refractivity contribution >= 4 is 62.6 Å². The summed E-state index contributed by atoms with van der Waals surface area (Å²) in [5.74, 6) is -1.31. The first-order valence-electron chi connectivity index (χ1n) is 11.7. The summed E-state index contributed by atoms with van der Waals surface area (Å²) in [4.78, 5) is 45.7. The minimum atomic E-state index is -3.19. The van der Waals surface area contributed by atoms with Gasteiger partial charge in [-0.2, -0.15) is 0 Å². The van der Waals surface area contributed by atoms with Crippen LogP contribution < -0.4 is 25.8 Å². The smallest absolute Gasteiger partial charge is 0.339 e. The van der Waals surface area contributed by atoms with E-state index in [-0.39, 0.29) is 53.8 Å². The quantitative estimate of drug-likeness (QED) is 0.180. The van der Waals surface area contributed by atoms with Gasteiger partial charge in [0, 0.05) is 25.0 Å². The van der Waals surface area contributed by atoms with Crippen molar-refractivity contribution in [3.05, 3.63) is 77.4 Å². The van der Waals surface area contributed by atoms with E-state index in [9.17, 15) is 22.8 Å². The predicted molar refractivity (Wildman–Crippen MR) is 153 cm³/mol. The zero-order chi connectivity index (χ0) is 28.9. The number of rotatable bonds is 7. The van der Waals surface area contributed by atoms with Crippen LogP contribution in [0.3, 0.4) is 0 Å². The number of carbonyl (C=O) groups is 3. The first-order chi connectivity index (χ1) is 19.0. The van der Waals surface area contributed by atoms with E-state index < -0.39 is 21.9 Å². The number of fused-ring (bicyclic) bond motifs is 2. The van der Waals surface area contributed by atoms with Gasteiger partial charge in [-0.1, -0.05) is 18.2 Å². The fourth-order valence-electron chi connectivity index (χ4n) is 3.76. The lowest BCUT2D eigenvalue weighted by molar-refractivity contribution is -0.118. The molecule has 0 unspecified atom stereocenters. The monoisotopic (exact) mass is 603 g/mol. The van der Waals surface area contributed by atoms with Crippen molar-refractivity contribution in [2.24, 2.45) is 5.73 Å². The molecule has 0 saturated carbocycles. The summed E-state index contributed by atoms with van der Waals surface area (Å²) in [6.45, 7) is 0.556. The molecule has 2 aromatic heterocycles. The van der Waals surface area contributed by atoms with Crippen LogP contribution in [0.2, 0.25) is 0 Å². The third kappa shape index (κ3) is 7.91. The summed E-state index contributed by atoms with van der Waals surface area (Å²) < 4.78 is 29.4. The Morgan fingerprint density at radius 2 is 1.93 bits per heavy atom. The second kappa shape index (κ2) is 13.1. The van der Waals surface area contributed by atoms with Crippen LogP contribution in [0.25, 0.3) is 11.0 Å². The maximum Gasteiger partial charge on any atom is 0.339 e. The number of sulfonamides is 1. The average Bonchev–Trinajstić information content (AvgIpc) is 3.36. The number of aromatic carboxylic acids is 1. The van der Waals surface area contributed by atoms with Crippen LogP contribution in [0.4, 0.5) is 11.4 Å². The molecule has 0 spiro atoms. The molecule has 216 valence electrons. The Hall–Kier alpha value is -4.73. The number of carboxylic acids is 1. The van der Waals surface area contributed by atoms with Crippen molar-refractivity contribution in [3.63, 3.8) is 0 Å². The van der Waals surface area contributed by atoms with E-state index in [0.29, 0.717) is 23.7 Å². The van der Waals surface area contributed by atoms with Crippen LogP contribution in [0.1, 0.15) is 32.0 Å². The van der Waals surface area contributed by atoms with E-state index in [1.54, 1.807) is 36.4 Å². The second-order valence-electron chi connectivity index (χ2n) is 8.58. The Balaban J connectivity index is 0.000000280. The van der Waals surface area contributed by atoms with E-state index in [0.717, 1.165) is 23.7 Å². The standard InChI is InChI=1S/C17H13N5O5.C8H12N2O2S.ClH/c23-12-6-27-11-2-1-8(3-10(11)22-12)4-19-16(24)15-14-13(20-7-21-15)9(5-18-14)17(25)26;1-13(11,12)10-8-4-2-3-7(5-8)6-9;/h1-3,5,7,18H,4,6H2,(H,19,24)(H,22,23)(H,25,26);2-5,10H,6,9H2,1H3;1H. The zero-order valence-corrected chi connectivity index (χ0v) is 23.1. The number of aromatic amines is 1. The molecule has 14 nitrogen and oxygen atoms in total. The van der Waals surface area contributed by atoms with Crippen LogP contribution in [-0.4, -0.2) is 59.1 Å². The number of hydrogen-bond acceptors (Lipinski definition) is 9. The number of carbonyl (C=O) groups excluding carboxylic acids is 2. The van der Waals surface area contributed by atoms with Gasteiger partial charge < -0.3 is 31.2 Å². The molecule has 0 atom stereocenters. The Bertz CT molecular complexity index is 1710. The van der Waals surface area contributed by atoms with Crippen LogP contribution >= 0.6 is 12.4 Å². The number of halogens is 1. The van der Waals surface area contributed by atoms with Gasteiger partial charge in [-0.15, -0.1) is 12.4 Å². The topological polar surface area (TPSA) is 218 Å². The molecule has 0 aliphatic carbocycles. The first-order valence-corrected chi connectivity index (χ1v) is 13.6. The lowest BCUT2D eigenvalue weighted by atomic mass is 10.1. The molecule has 2 amide bonds. The molecule has 5 rings (SSSR count). The maximum absolute atomic E-state index is 12.5. The lowest BCUT2D eigenvalue weighted by Gasteiger charge is -2.18. The summed E-state index contributed by atoms with van der Waals surface area (Å²) in [5.41, 5.74) is 8.55. The molecule has 2 aromatic carbocycles. The van der Waals surface area contributed by atoms with Crippen LogP contribution in [0.5, 0.6) is 5.75 Å². The van der Waals surface area contributed by atoms with Gasteiger partial charge >= 0.3 is 5.97 Å². The van der Waals surface area contributed by atoms with Gasteiger partial charge in [-0.05, 0) is 35.4 Å². The molecule has 16 heteroatoms. The Kier molecular flexibility index (Phi) is 9.83. The molecule has 0 saturated heterocycles. The summed E-state index contributed by atoms with van der Waals surface area (Å²) in [6.07, 6.45) is 3.52. The number of H-pyrrole nitrogens is 1. The Morgan fingerprint density at radius 3 is 2.63 bits per heavy atom.